The molecular formula is C12H10ClN3O4. The molecule has 0 fully saturated rings. The molecule has 0 aliphatic carbocycles. The van der Waals surface area contributed by atoms with Crippen molar-refractivity contribution < 1.29 is 14.8 Å². The molecule has 104 valence electrons. The Morgan fingerprint density at radius 2 is 2.20 bits per heavy atom. The quantitative estimate of drug-likeness (QED) is 0.690. The van der Waals surface area contributed by atoms with Gasteiger partial charge in [-0.15, -0.1) is 0 Å². The Labute approximate surface area is 118 Å². The Kier molecular flexibility index (Phi) is 3.71. The number of aromatic nitrogens is 2. The summed E-state index contributed by atoms with van der Waals surface area (Å²) >= 11 is 5.76. The summed E-state index contributed by atoms with van der Waals surface area (Å²) < 4.78 is 1.22. The van der Waals surface area contributed by atoms with Gasteiger partial charge < -0.3 is 5.11 Å². The normalized spacial score (nSPS) is 10.5. The van der Waals surface area contributed by atoms with Crippen molar-refractivity contribution in [3.05, 3.63) is 45.1 Å². The topological polar surface area (TPSA) is 98.3 Å². The van der Waals surface area contributed by atoms with Crippen LogP contribution in [0.4, 0.5) is 5.69 Å². The van der Waals surface area contributed by atoms with E-state index in [4.69, 9.17) is 16.7 Å². The molecule has 1 aromatic carbocycles. The smallest absolute Gasteiger partial charge is 0.325 e. The number of aryl methyl sites for hydroxylation is 1. The lowest BCUT2D eigenvalue weighted by molar-refractivity contribution is -0.384. The van der Waals surface area contributed by atoms with E-state index in [-0.39, 0.29) is 22.8 Å². The van der Waals surface area contributed by atoms with Gasteiger partial charge in [0.25, 0.3) is 5.69 Å². The molecule has 0 bridgehead atoms. The summed E-state index contributed by atoms with van der Waals surface area (Å²) in [6.45, 7) is 1.31. The predicted molar refractivity (Wildman–Crippen MR) is 71.7 cm³/mol. The van der Waals surface area contributed by atoms with Gasteiger partial charge >= 0.3 is 5.97 Å². The van der Waals surface area contributed by atoms with Gasteiger partial charge in [0.15, 0.2) is 0 Å². The van der Waals surface area contributed by atoms with Gasteiger partial charge in [0, 0.05) is 11.1 Å². The predicted octanol–water partition coefficient (Wildman–Crippen LogP) is 2.50. The average molecular weight is 296 g/mol. The van der Waals surface area contributed by atoms with Gasteiger partial charge in [-0.25, -0.2) is 0 Å². The van der Waals surface area contributed by atoms with Crippen LogP contribution in [-0.4, -0.2) is 25.8 Å². The first-order valence-corrected chi connectivity index (χ1v) is 5.97. The lowest BCUT2D eigenvalue weighted by atomic mass is 10.1. The highest BCUT2D eigenvalue weighted by Gasteiger charge is 2.20. The van der Waals surface area contributed by atoms with Gasteiger partial charge in [-0.05, 0) is 25.1 Å². The number of rotatable bonds is 4. The van der Waals surface area contributed by atoms with Crippen LogP contribution in [-0.2, 0) is 11.3 Å². The number of carbonyl (C=O) groups is 1. The van der Waals surface area contributed by atoms with Crippen molar-refractivity contribution in [1.82, 2.24) is 9.78 Å². The zero-order valence-electron chi connectivity index (χ0n) is 10.4. The molecule has 0 saturated carbocycles. The summed E-state index contributed by atoms with van der Waals surface area (Å²) in [4.78, 5) is 21.3. The molecule has 0 aliphatic rings. The molecule has 20 heavy (non-hydrogen) atoms. The maximum atomic E-state index is 11.1. The number of nitrogens with zero attached hydrogens (tertiary/aromatic N) is 3. The van der Waals surface area contributed by atoms with Crippen molar-refractivity contribution >= 4 is 23.3 Å². The zero-order valence-corrected chi connectivity index (χ0v) is 11.2. The number of carboxylic acids is 1. The van der Waals surface area contributed by atoms with E-state index in [0.29, 0.717) is 11.4 Å². The first-order chi connectivity index (χ1) is 9.38. The van der Waals surface area contributed by atoms with E-state index in [0.717, 1.165) is 0 Å². The summed E-state index contributed by atoms with van der Waals surface area (Å²) in [7, 11) is 0. The first kappa shape index (κ1) is 14.0. The standard InChI is InChI=1S/C12H10ClN3O4/c1-7-4-10(15(14-7)6-12(17)18)9-3-2-8(13)5-11(9)16(19)20/h2-5H,6H2,1H3,(H,17,18). The number of hydrogen-bond donors (Lipinski definition) is 1. The molecule has 1 aromatic heterocycles. The minimum absolute atomic E-state index is 0.191. The maximum Gasteiger partial charge on any atom is 0.325 e. The van der Waals surface area contributed by atoms with Crippen LogP contribution in [0.15, 0.2) is 24.3 Å². The van der Waals surface area contributed by atoms with Crippen LogP contribution < -0.4 is 0 Å². The molecule has 0 spiro atoms. The van der Waals surface area contributed by atoms with E-state index >= 15 is 0 Å². The highest BCUT2D eigenvalue weighted by molar-refractivity contribution is 6.30. The third-order valence-electron chi connectivity index (χ3n) is 2.62. The molecule has 7 nitrogen and oxygen atoms in total. The molecule has 0 aliphatic heterocycles. The lowest BCUT2D eigenvalue weighted by Gasteiger charge is -2.06. The minimum Gasteiger partial charge on any atom is -0.480 e. The van der Waals surface area contributed by atoms with Gasteiger partial charge in [-0.2, -0.15) is 5.10 Å². The summed E-state index contributed by atoms with van der Waals surface area (Å²) in [5.74, 6) is -1.08. The van der Waals surface area contributed by atoms with Crippen molar-refractivity contribution in [3.63, 3.8) is 0 Å². The number of halogens is 1. The number of nitro benzene ring substituents is 1. The Morgan fingerprint density at radius 1 is 1.50 bits per heavy atom. The van der Waals surface area contributed by atoms with Crippen LogP contribution in [0.3, 0.4) is 0 Å². The van der Waals surface area contributed by atoms with E-state index in [1.165, 1.54) is 22.9 Å². The van der Waals surface area contributed by atoms with Crippen LogP contribution >= 0.6 is 11.6 Å². The average Bonchev–Trinajstić information content (AvgIpc) is 2.69. The number of benzene rings is 1. The molecule has 0 saturated heterocycles. The second kappa shape index (κ2) is 5.30. The van der Waals surface area contributed by atoms with Gasteiger partial charge in [0.1, 0.15) is 6.54 Å². The number of nitro groups is 1. The number of hydrogen-bond acceptors (Lipinski definition) is 4. The van der Waals surface area contributed by atoms with Crippen molar-refractivity contribution in [3.8, 4) is 11.3 Å². The summed E-state index contributed by atoms with van der Waals surface area (Å²) in [5, 5.41) is 24.2. The van der Waals surface area contributed by atoms with Crippen LogP contribution in [0.25, 0.3) is 11.3 Å². The molecule has 2 rings (SSSR count). The SMILES string of the molecule is Cc1cc(-c2ccc(Cl)cc2[N+](=O)[O-])n(CC(=O)O)n1. The first-order valence-electron chi connectivity index (χ1n) is 5.59. The second-order valence-corrected chi connectivity index (χ2v) is 4.58. The second-order valence-electron chi connectivity index (χ2n) is 4.14. The molecule has 0 radical (unpaired) electrons. The van der Waals surface area contributed by atoms with Crippen molar-refractivity contribution in [2.24, 2.45) is 0 Å². The Balaban J connectivity index is 2.62. The third kappa shape index (κ3) is 2.77. The Hall–Kier alpha value is -2.41. The fourth-order valence-electron chi connectivity index (χ4n) is 1.88. The number of carboxylic acid groups (broad SMARTS) is 1. The van der Waals surface area contributed by atoms with Gasteiger partial charge in [-0.1, -0.05) is 11.6 Å². The summed E-state index contributed by atoms with van der Waals surface area (Å²) in [5.41, 5.74) is 1.03. The van der Waals surface area contributed by atoms with Crippen LogP contribution in [0.2, 0.25) is 5.02 Å². The Bertz CT molecular complexity index is 696. The fraction of sp³-hybridized carbons (Fsp3) is 0.167. The molecule has 0 unspecified atom stereocenters. The molecule has 1 heterocycles. The van der Waals surface area contributed by atoms with E-state index in [1.54, 1.807) is 13.0 Å². The van der Waals surface area contributed by atoms with Crippen LogP contribution in [0.5, 0.6) is 0 Å². The van der Waals surface area contributed by atoms with Crippen molar-refractivity contribution in [1.29, 1.82) is 0 Å². The van der Waals surface area contributed by atoms with Crippen molar-refractivity contribution in [2.75, 3.05) is 0 Å². The molecule has 2 aromatic rings. The summed E-state index contributed by atoms with van der Waals surface area (Å²) in [6.07, 6.45) is 0. The van der Waals surface area contributed by atoms with Gasteiger partial charge in [-0.3, -0.25) is 19.6 Å². The summed E-state index contributed by atoms with van der Waals surface area (Å²) in [6, 6.07) is 5.82. The largest absolute Gasteiger partial charge is 0.480 e. The zero-order chi connectivity index (χ0) is 14.9. The highest BCUT2D eigenvalue weighted by atomic mass is 35.5. The van der Waals surface area contributed by atoms with Gasteiger partial charge in [0.05, 0.1) is 21.9 Å². The van der Waals surface area contributed by atoms with Crippen molar-refractivity contribution in [2.45, 2.75) is 13.5 Å². The molecule has 0 atom stereocenters. The lowest BCUT2D eigenvalue weighted by Crippen LogP contribution is -2.11. The van der Waals surface area contributed by atoms with E-state index in [9.17, 15) is 14.9 Å². The van der Waals surface area contributed by atoms with Gasteiger partial charge in [0.2, 0.25) is 0 Å². The molecule has 1 N–H and O–H groups in total. The van der Waals surface area contributed by atoms with Crippen LogP contribution in [0.1, 0.15) is 5.69 Å². The monoisotopic (exact) mass is 295 g/mol. The Morgan fingerprint density at radius 3 is 2.80 bits per heavy atom. The highest BCUT2D eigenvalue weighted by Crippen LogP contribution is 2.32. The maximum absolute atomic E-state index is 11.1. The molecule has 8 heteroatoms. The van der Waals surface area contributed by atoms with E-state index in [1.807, 2.05) is 0 Å². The fourth-order valence-corrected chi connectivity index (χ4v) is 2.05. The molecule has 0 amide bonds. The number of aliphatic carboxylic acids is 1. The minimum atomic E-state index is -1.08. The third-order valence-corrected chi connectivity index (χ3v) is 2.85. The van der Waals surface area contributed by atoms with Crippen LogP contribution in [0, 0.1) is 17.0 Å². The van der Waals surface area contributed by atoms with E-state index < -0.39 is 10.9 Å². The molecular weight excluding hydrogens is 286 g/mol. The van der Waals surface area contributed by atoms with E-state index in [2.05, 4.69) is 5.10 Å².